The molecule has 0 saturated carbocycles. The molecule has 1 fully saturated rings. The maximum Gasteiger partial charge on any atom is 0.222 e. The van der Waals surface area contributed by atoms with Crippen LogP contribution in [0.1, 0.15) is 30.4 Å². The predicted octanol–water partition coefficient (Wildman–Crippen LogP) is 3.00. The van der Waals surface area contributed by atoms with E-state index in [2.05, 4.69) is 51.3 Å². The number of hydrogen-bond donors (Lipinski definition) is 1. The van der Waals surface area contributed by atoms with E-state index in [9.17, 15) is 0 Å². The minimum Gasteiger partial charge on any atom is -0.350 e. The fourth-order valence-electron chi connectivity index (χ4n) is 3.32. The van der Waals surface area contributed by atoms with Gasteiger partial charge < -0.3 is 10.2 Å². The minimum absolute atomic E-state index is 0.648. The lowest BCUT2D eigenvalue weighted by Crippen LogP contribution is -2.38. The van der Waals surface area contributed by atoms with Gasteiger partial charge in [0.25, 0.3) is 0 Å². The van der Waals surface area contributed by atoms with Crippen molar-refractivity contribution < 1.29 is 0 Å². The summed E-state index contributed by atoms with van der Waals surface area (Å²) in [7, 11) is 4.37. The maximum absolute atomic E-state index is 4.48. The van der Waals surface area contributed by atoms with Crippen LogP contribution in [0.15, 0.2) is 42.7 Å². The Balaban J connectivity index is 1.53. The SMILES string of the molecule is CN(C)[C@H]1CCCCN(Cc2cnc(NCc3ccccc3)nc2)C1. The molecule has 2 aromatic rings. The summed E-state index contributed by atoms with van der Waals surface area (Å²) in [4.78, 5) is 13.8. The topological polar surface area (TPSA) is 44.3 Å². The second-order valence-electron chi connectivity index (χ2n) is 7.10. The van der Waals surface area contributed by atoms with E-state index in [4.69, 9.17) is 0 Å². The quantitative estimate of drug-likeness (QED) is 0.876. The summed E-state index contributed by atoms with van der Waals surface area (Å²) in [5.74, 6) is 0.689. The van der Waals surface area contributed by atoms with Gasteiger partial charge in [0, 0.05) is 43.6 Å². The molecule has 2 heterocycles. The molecule has 1 aliphatic heterocycles. The first-order valence-corrected chi connectivity index (χ1v) is 9.18. The Morgan fingerprint density at radius 1 is 1.08 bits per heavy atom. The molecule has 0 radical (unpaired) electrons. The van der Waals surface area contributed by atoms with Crippen LogP contribution in [-0.4, -0.2) is 53.0 Å². The predicted molar refractivity (Wildman–Crippen MR) is 102 cm³/mol. The average Bonchev–Trinajstić information content (AvgIpc) is 2.88. The summed E-state index contributed by atoms with van der Waals surface area (Å²) in [6, 6.07) is 11.0. The van der Waals surface area contributed by atoms with Crippen molar-refractivity contribution in [1.82, 2.24) is 19.8 Å². The number of benzene rings is 1. The van der Waals surface area contributed by atoms with Crippen molar-refractivity contribution in [2.75, 3.05) is 32.5 Å². The highest BCUT2D eigenvalue weighted by Crippen LogP contribution is 2.16. The fraction of sp³-hybridized carbons (Fsp3) is 0.500. The normalized spacial score (nSPS) is 18.9. The molecule has 0 aliphatic carbocycles. The second-order valence-corrected chi connectivity index (χ2v) is 7.10. The molecule has 1 atom stereocenters. The monoisotopic (exact) mass is 339 g/mol. The summed E-state index contributed by atoms with van der Waals surface area (Å²) >= 11 is 0. The van der Waals surface area contributed by atoms with Crippen LogP contribution in [0, 0.1) is 0 Å². The number of likely N-dealkylation sites (N-methyl/N-ethyl adjacent to an activating group) is 1. The highest BCUT2D eigenvalue weighted by molar-refractivity contribution is 5.27. The Kier molecular flexibility index (Phi) is 6.36. The lowest BCUT2D eigenvalue weighted by atomic mass is 10.1. The van der Waals surface area contributed by atoms with Crippen molar-refractivity contribution in [3.63, 3.8) is 0 Å². The molecule has 0 unspecified atom stereocenters. The zero-order chi connectivity index (χ0) is 17.5. The third-order valence-electron chi connectivity index (χ3n) is 4.87. The van der Waals surface area contributed by atoms with Crippen LogP contribution in [-0.2, 0) is 13.1 Å². The maximum atomic E-state index is 4.48. The molecule has 1 aromatic carbocycles. The molecule has 1 aliphatic rings. The van der Waals surface area contributed by atoms with Gasteiger partial charge in [-0.2, -0.15) is 0 Å². The van der Waals surface area contributed by atoms with Gasteiger partial charge in [-0.1, -0.05) is 36.8 Å². The van der Waals surface area contributed by atoms with E-state index in [1.54, 1.807) is 0 Å². The van der Waals surface area contributed by atoms with Gasteiger partial charge >= 0.3 is 0 Å². The molecule has 1 N–H and O–H groups in total. The molecule has 25 heavy (non-hydrogen) atoms. The van der Waals surface area contributed by atoms with Crippen molar-refractivity contribution in [3.05, 3.63) is 53.9 Å². The van der Waals surface area contributed by atoms with E-state index in [0.29, 0.717) is 12.0 Å². The zero-order valence-electron chi connectivity index (χ0n) is 15.4. The number of aromatic nitrogens is 2. The first-order chi connectivity index (χ1) is 12.2. The summed E-state index contributed by atoms with van der Waals surface area (Å²) < 4.78 is 0. The summed E-state index contributed by atoms with van der Waals surface area (Å²) in [5.41, 5.74) is 2.42. The first kappa shape index (κ1) is 17.8. The summed E-state index contributed by atoms with van der Waals surface area (Å²) in [6.45, 7) is 3.97. The Morgan fingerprint density at radius 2 is 1.84 bits per heavy atom. The van der Waals surface area contributed by atoms with Gasteiger partial charge in [0.15, 0.2) is 0 Å². The van der Waals surface area contributed by atoms with Gasteiger partial charge in [-0.3, -0.25) is 4.90 Å². The molecule has 1 aromatic heterocycles. The van der Waals surface area contributed by atoms with Gasteiger partial charge in [-0.15, -0.1) is 0 Å². The zero-order valence-corrected chi connectivity index (χ0v) is 15.4. The van der Waals surface area contributed by atoms with Crippen molar-refractivity contribution in [2.24, 2.45) is 0 Å². The van der Waals surface area contributed by atoms with Crippen LogP contribution in [0.3, 0.4) is 0 Å². The second kappa shape index (κ2) is 8.92. The van der Waals surface area contributed by atoms with Crippen LogP contribution in [0.2, 0.25) is 0 Å². The number of anilines is 1. The smallest absolute Gasteiger partial charge is 0.222 e. The summed E-state index contributed by atoms with van der Waals surface area (Å²) in [5, 5.41) is 3.28. The van der Waals surface area contributed by atoms with Crippen molar-refractivity contribution >= 4 is 5.95 Å². The van der Waals surface area contributed by atoms with Gasteiger partial charge in [-0.25, -0.2) is 9.97 Å². The average molecular weight is 339 g/mol. The van der Waals surface area contributed by atoms with Gasteiger partial charge in [0.05, 0.1) is 0 Å². The standard InChI is InChI=1S/C20H29N5/c1-24(2)19-10-6-7-11-25(16-19)15-18-13-22-20(23-14-18)21-12-17-8-4-3-5-9-17/h3-5,8-9,13-14,19H,6-7,10-12,15-16H2,1-2H3,(H,21,22,23)/t19-/m0/s1. The fourth-order valence-corrected chi connectivity index (χ4v) is 3.32. The third-order valence-corrected chi connectivity index (χ3v) is 4.87. The number of hydrogen-bond acceptors (Lipinski definition) is 5. The molecular weight excluding hydrogens is 310 g/mol. The Morgan fingerprint density at radius 3 is 2.56 bits per heavy atom. The van der Waals surface area contributed by atoms with Crippen molar-refractivity contribution in [1.29, 1.82) is 0 Å². The van der Waals surface area contributed by atoms with Gasteiger partial charge in [-0.05, 0) is 39.0 Å². The molecular formula is C20H29N5. The van der Waals surface area contributed by atoms with E-state index < -0.39 is 0 Å². The Hall–Kier alpha value is -1.98. The molecule has 134 valence electrons. The number of nitrogens with zero attached hydrogens (tertiary/aromatic N) is 4. The van der Waals surface area contributed by atoms with Gasteiger partial charge in [0.1, 0.15) is 0 Å². The van der Waals surface area contributed by atoms with Crippen LogP contribution in [0.4, 0.5) is 5.95 Å². The lowest BCUT2D eigenvalue weighted by molar-refractivity contribution is 0.191. The number of likely N-dealkylation sites (tertiary alicyclic amines) is 1. The first-order valence-electron chi connectivity index (χ1n) is 9.18. The van der Waals surface area contributed by atoms with E-state index in [-0.39, 0.29) is 0 Å². The van der Waals surface area contributed by atoms with E-state index in [0.717, 1.165) is 19.6 Å². The Labute approximate surface area is 151 Å². The third kappa shape index (κ3) is 5.51. The van der Waals surface area contributed by atoms with Crippen LogP contribution < -0.4 is 5.32 Å². The van der Waals surface area contributed by atoms with Gasteiger partial charge in [0.2, 0.25) is 5.95 Å². The molecule has 5 heteroatoms. The van der Waals surface area contributed by atoms with Crippen LogP contribution in [0.5, 0.6) is 0 Å². The molecule has 0 spiro atoms. The van der Waals surface area contributed by atoms with Crippen molar-refractivity contribution in [3.8, 4) is 0 Å². The molecule has 3 rings (SSSR count). The highest BCUT2D eigenvalue weighted by Gasteiger charge is 2.19. The molecule has 5 nitrogen and oxygen atoms in total. The lowest BCUT2D eigenvalue weighted by Gasteiger charge is -2.28. The summed E-state index contributed by atoms with van der Waals surface area (Å²) in [6.07, 6.45) is 7.80. The molecule has 0 bridgehead atoms. The molecule has 1 saturated heterocycles. The highest BCUT2D eigenvalue weighted by atomic mass is 15.2. The van der Waals surface area contributed by atoms with E-state index >= 15 is 0 Å². The van der Waals surface area contributed by atoms with Crippen LogP contribution >= 0.6 is 0 Å². The van der Waals surface area contributed by atoms with E-state index in [1.807, 2.05) is 30.6 Å². The van der Waals surface area contributed by atoms with Crippen molar-refractivity contribution in [2.45, 2.75) is 38.4 Å². The number of rotatable bonds is 6. The number of nitrogens with one attached hydrogen (secondary N) is 1. The van der Waals surface area contributed by atoms with Crippen LogP contribution in [0.25, 0.3) is 0 Å². The molecule has 0 amide bonds. The minimum atomic E-state index is 0.648. The largest absolute Gasteiger partial charge is 0.350 e. The van der Waals surface area contributed by atoms with E-state index in [1.165, 1.54) is 36.9 Å². The Bertz CT molecular complexity index is 626.